The molecule has 1 aliphatic heterocycles. The highest BCUT2D eigenvalue weighted by Crippen LogP contribution is 2.33. The number of carbonyl (C=O) groups excluding carboxylic acids is 5. The van der Waals surface area contributed by atoms with E-state index in [2.05, 4.69) is 10.3 Å². The molecule has 1 saturated heterocycles. The van der Waals surface area contributed by atoms with Crippen molar-refractivity contribution in [1.82, 2.24) is 10.2 Å². The summed E-state index contributed by atoms with van der Waals surface area (Å²) in [7, 11) is 0. The zero-order chi connectivity index (χ0) is 29.8. The minimum Gasteiger partial charge on any atom is -0.481 e. The number of nitrogens with two attached hydrogens (primary N) is 3. The Bertz CT molecular complexity index is 1380. The third-order valence-corrected chi connectivity index (χ3v) is 5.90. The van der Waals surface area contributed by atoms with Gasteiger partial charge in [-0.05, 0) is 36.8 Å². The number of guanidine groups is 1. The molecule has 0 spiro atoms. The molecule has 1 heterocycles. The van der Waals surface area contributed by atoms with E-state index < -0.39 is 59.9 Å². The van der Waals surface area contributed by atoms with Gasteiger partial charge in [-0.2, -0.15) is 0 Å². The molecule has 15 heteroatoms. The molecule has 15 nitrogen and oxygen atoms in total. The molecule has 0 bridgehead atoms. The van der Waals surface area contributed by atoms with E-state index in [9.17, 15) is 28.8 Å². The summed E-state index contributed by atoms with van der Waals surface area (Å²) < 4.78 is 4.79. The lowest BCUT2D eigenvalue weighted by Crippen LogP contribution is -2.59. The Morgan fingerprint density at radius 2 is 1.65 bits per heavy atom. The van der Waals surface area contributed by atoms with Gasteiger partial charge >= 0.3 is 23.9 Å². The number of esters is 2. The van der Waals surface area contributed by atoms with Crippen molar-refractivity contribution < 1.29 is 38.6 Å². The summed E-state index contributed by atoms with van der Waals surface area (Å²) in [5.41, 5.74) is 15.3. The number of carboxylic acids is 1. The maximum Gasteiger partial charge on any atom is 0.358 e. The van der Waals surface area contributed by atoms with Gasteiger partial charge in [-0.1, -0.05) is 30.3 Å². The molecule has 40 heavy (non-hydrogen) atoms. The summed E-state index contributed by atoms with van der Waals surface area (Å²) in [6.07, 6.45) is -2.96. The number of amides is 4. The maximum absolute atomic E-state index is 13.8. The van der Waals surface area contributed by atoms with Gasteiger partial charge in [0.25, 0.3) is 5.91 Å². The number of urea groups is 1. The number of anilines is 1. The first-order chi connectivity index (χ1) is 18.8. The molecule has 0 radical (unpaired) electrons. The van der Waals surface area contributed by atoms with E-state index in [1.807, 2.05) is 0 Å². The van der Waals surface area contributed by atoms with E-state index in [4.69, 9.17) is 27.0 Å². The highest BCUT2D eigenvalue weighted by molar-refractivity contribution is 6.12. The van der Waals surface area contributed by atoms with Crippen molar-refractivity contribution in [3.05, 3.63) is 60.2 Å². The van der Waals surface area contributed by atoms with Crippen molar-refractivity contribution in [3.8, 4) is 0 Å². The van der Waals surface area contributed by atoms with Crippen LogP contribution < -0.4 is 27.4 Å². The van der Waals surface area contributed by atoms with Crippen LogP contribution >= 0.6 is 0 Å². The fourth-order valence-electron chi connectivity index (χ4n) is 4.01. The van der Waals surface area contributed by atoms with Crippen LogP contribution in [-0.4, -0.2) is 63.9 Å². The third-order valence-electron chi connectivity index (χ3n) is 5.90. The lowest BCUT2D eigenvalue weighted by atomic mass is 9.91. The van der Waals surface area contributed by atoms with Crippen molar-refractivity contribution in [3.63, 3.8) is 0 Å². The molecule has 0 aromatic heterocycles. The van der Waals surface area contributed by atoms with E-state index in [0.29, 0.717) is 10.6 Å². The van der Waals surface area contributed by atoms with Crippen LogP contribution in [0.15, 0.2) is 59.6 Å². The van der Waals surface area contributed by atoms with Gasteiger partial charge in [-0.3, -0.25) is 19.3 Å². The highest BCUT2D eigenvalue weighted by atomic mass is 16.6. The first-order valence-corrected chi connectivity index (χ1v) is 11.7. The Morgan fingerprint density at radius 3 is 2.17 bits per heavy atom. The van der Waals surface area contributed by atoms with Crippen molar-refractivity contribution in [2.24, 2.45) is 22.2 Å². The number of benzene rings is 2. The number of aliphatic imine (C=N–C) groups is 1. The standard InChI is InChI=1S/C25H27N7O8/c1-13(33)31(16-6-4-3-5-7-16)19(21(37)40-20(36)17(26)12-18(34)35)32-22(38)25(2,30-24(32)39)14-8-10-15(11-9-14)29-23(27)28/h3-11,17,19H,12,26H2,1-2H3,(H,30,39)(H,34,35)(H4,27,28,29)/t17?,19-,25+/m0/s1. The predicted octanol–water partition coefficient (Wildman–Crippen LogP) is -0.390. The van der Waals surface area contributed by atoms with Gasteiger partial charge in [-0.15, -0.1) is 0 Å². The van der Waals surface area contributed by atoms with E-state index >= 15 is 0 Å². The smallest absolute Gasteiger partial charge is 0.358 e. The highest BCUT2D eigenvalue weighted by Gasteiger charge is 2.55. The first kappa shape index (κ1) is 29.2. The fourth-order valence-corrected chi connectivity index (χ4v) is 4.01. The van der Waals surface area contributed by atoms with Crippen molar-refractivity contribution in [2.45, 2.75) is 38.0 Å². The van der Waals surface area contributed by atoms with Gasteiger partial charge in [0.05, 0.1) is 12.1 Å². The zero-order valence-corrected chi connectivity index (χ0v) is 21.4. The summed E-state index contributed by atoms with van der Waals surface area (Å²) in [5.74, 6) is -6.32. The number of carbonyl (C=O) groups is 6. The normalized spacial score (nSPS) is 17.8. The molecule has 2 aromatic carbocycles. The van der Waals surface area contributed by atoms with Gasteiger partial charge in [0.1, 0.15) is 11.6 Å². The monoisotopic (exact) mass is 553 g/mol. The third kappa shape index (κ3) is 6.05. The van der Waals surface area contributed by atoms with Crippen molar-refractivity contribution in [1.29, 1.82) is 0 Å². The van der Waals surface area contributed by atoms with Gasteiger partial charge < -0.3 is 32.4 Å². The maximum atomic E-state index is 13.8. The first-order valence-electron chi connectivity index (χ1n) is 11.7. The number of hydrogen-bond acceptors (Lipinski definition) is 9. The van der Waals surface area contributed by atoms with Crippen LogP contribution in [0.3, 0.4) is 0 Å². The number of carboxylic acid groups (broad SMARTS) is 1. The van der Waals surface area contributed by atoms with E-state index in [0.717, 1.165) is 11.8 Å². The van der Waals surface area contributed by atoms with Crippen LogP contribution in [0, 0.1) is 0 Å². The summed E-state index contributed by atoms with van der Waals surface area (Å²) in [4.78, 5) is 81.7. The molecule has 1 aliphatic rings. The SMILES string of the molecule is CC(=O)N(c1ccccc1)[C@H](C(=O)OC(=O)C(N)CC(=O)O)N1C(=O)N[C@](C)(c2ccc(N=C(N)N)cc2)C1=O. The lowest BCUT2D eigenvalue weighted by molar-refractivity contribution is -0.166. The Labute approximate surface area is 227 Å². The second kappa shape index (κ2) is 11.6. The Kier molecular flexibility index (Phi) is 8.49. The van der Waals surface area contributed by atoms with Crippen molar-refractivity contribution in [2.75, 3.05) is 4.90 Å². The number of aliphatic carboxylic acids is 1. The predicted molar refractivity (Wildman–Crippen MR) is 139 cm³/mol. The summed E-state index contributed by atoms with van der Waals surface area (Å²) in [5, 5.41) is 11.4. The van der Waals surface area contributed by atoms with Gasteiger partial charge in [0, 0.05) is 12.6 Å². The van der Waals surface area contributed by atoms with E-state index in [1.165, 1.54) is 55.5 Å². The van der Waals surface area contributed by atoms with Gasteiger partial charge in [-0.25, -0.2) is 24.3 Å². The quantitative estimate of drug-likeness (QED) is 0.0880. The van der Waals surface area contributed by atoms with E-state index in [1.54, 1.807) is 6.07 Å². The molecule has 210 valence electrons. The molecule has 4 amide bonds. The Hall–Kier alpha value is -5.31. The lowest BCUT2D eigenvalue weighted by Gasteiger charge is -2.34. The molecule has 0 aliphatic carbocycles. The molecule has 8 N–H and O–H groups in total. The van der Waals surface area contributed by atoms with Crippen LogP contribution in [0.25, 0.3) is 0 Å². The molecule has 2 aromatic rings. The van der Waals surface area contributed by atoms with Crippen LogP contribution in [0.2, 0.25) is 0 Å². The molecule has 3 rings (SSSR count). The molecular weight excluding hydrogens is 526 g/mol. The zero-order valence-electron chi connectivity index (χ0n) is 21.4. The largest absolute Gasteiger partial charge is 0.481 e. The van der Waals surface area contributed by atoms with Crippen LogP contribution in [-0.2, 0) is 34.2 Å². The fraction of sp³-hybridized carbons (Fsp3) is 0.240. The molecule has 1 fully saturated rings. The van der Waals surface area contributed by atoms with Crippen molar-refractivity contribution >= 4 is 53.1 Å². The molecule has 1 unspecified atom stereocenters. The summed E-state index contributed by atoms with van der Waals surface area (Å²) in [6, 6.07) is 10.7. The summed E-state index contributed by atoms with van der Waals surface area (Å²) in [6.45, 7) is 2.45. The molecular formula is C25H27N7O8. The van der Waals surface area contributed by atoms with Crippen LogP contribution in [0.1, 0.15) is 25.8 Å². The number of ether oxygens (including phenoxy) is 1. The second-order valence-corrected chi connectivity index (χ2v) is 8.86. The molecule has 3 atom stereocenters. The van der Waals surface area contributed by atoms with Crippen LogP contribution in [0.5, 0.6) is 0 Å². The Morgan fingerprint density at radius 1 is 1.05 bits per heavy atom. The van der Waals surface area contributed by atoms with Crippen LogP contribution in [0.4, 0.5) is 16.2 Å². The minimum absolute atomic E-state index is 0.0926. The number of imide groups is 1. The van der Waals surface area contributed by atoms with Gasteiger partial charge in [0.15, 0.2) is 5.96 Å². The second-order valence-electron chi connectivity index (χ2n) is 8.86. The number of nitrogens with zero attached hydrogens (tertiary/aromatic N) is 3. The number of nitrogens with one attached hydrogen (secondary N) is 1. The average Bonchev–Trinajstić information content (AvgIpc) is 3.10. The number of para-hydroxylation sites is 1. The topological polar surface area (TPSA) is 241 Å². The van der Waals surface area contributed by atoms with E-state index in [-0.39, 0.29) is 17.2 Å². The summed E-state index contributed by atoms with van der Waals surface area (Å²) >= 11 is 0. The number of rotatable bonds is 9. The number of hydrogen-bond donors (Lipinski definition) is 5. The average molecular weight is 554 g/mol. The Balaban J connectivity index is 2.06. The van der Waals surface area contributed by atoms with Gasteiger partial charge in [0.2, 0.25) is 12.1 Å². The minimum atomic E-state index is -2.10. The molecule has 0 saturated carbocycles.